The summed E-state index contributed by atoms with van der Waals surface area (Å²) in [6, 6.07) is 5.29. The van der Waals surface area contributed by atoms with Crippen LogP contribution < -0.4 is 0 Å². The number of benzene rings is 1. The van der Waals surface area contributed by atoms with E-state index in [4.69, 9.17) is 20.8 Å². The smallest absolute Gasteiger partial charge is 0.396 e. The molecular formula is C12H11ClN2O3. The fourth-order valence-electron chi connectivity index (χ4n) is 1.39. The number of carbonyl (C=O) groups excluding carboxylic acids is 1. The van der Waals surface area contributed by atoms with Crippen molar-refractivity contribution in [3.8, 4) is 11.5 Å². The number of aryl methyl sites for hydroxylation is 1. The average Bonchev–Trinajstić information content (AvgIpc) is 2.82. The molecule has 2 rings (SSSR count). The van der Waals surface area contributed by atoms with Crippen LogP contribution in [0.5, 0.6) is 0 Å². The maximum Gasteiger partial charge on any atom is 0.396 e. The number of halogens is 1. The molecule has 0 saturated carbocycles. The zero-order chi connectivity index (χ0) is 13.1. The first-order valence-corrected chi connectivity index (χ1v) is 5.76. The molecule has 0 aliphatic heterocycles. The highest BCUT2D eigenvalue weighted by molar-refractivity contribution is 6.31. The molecule has 0 unspecified atom stereocenters. The molecule has 0 bridgehead atoms. The zero-order valence-corrected chi connectivity index (χ0v) is 10.7. The highest BCUT2D eigenvalue weighted by Crippen LogP contribution is 2.23. The molecule has 0 spiro atoms. The van der Waals surface area contributed by atoms with Crippen molar-refractivity contribution >= 4 is 17.6 Å². The van der Waals surface area contributed by atoms with Crippen LogP contribution in [0.2, 0.25) is 5.02 Å². The van der Waals surface area contributed by atoms with E-state index in [9.17, 15) is 4.79 Å². The van der Waals surface area contributed by atoms with E-state index in [2.05, 4.69) is 10.2 Å². The summed E-state index contributed by atoms with van der Waals surface area (Å²) in [5, 5.41) is 8.10. The number of nitrogens with zero attached hydrogens (tertiary/aromatic N) is 2. The molecule has 6 heteroatoms. The Kier molecular flexibility index (Phi) is 3.62. The van der Waals surface area contributed by atoms with Crippen molar-refractivity contribution in [2.45, 2.75) is 13.8 Å². The first-order valence-electron chi connectivity index (χ1n) is 5.39. The maximum atomic E-state index is 11.4. The van der Waals surface area contributed by atoms with Crippen molar-refractivity contribution < 1.29 is 13.9 Å². The van der Waals surface area contributed by atoms with Crippen LogP contribution in [0.25, 0.3) is 11.5 Å². The Labute approximate surface area is 109 Å². The lowest BCUT2D eigenvalue weighted by molar-refractivity contribution is 0.0481. The van der Waals surface area contributed by atoms with Gasteiger partial charge in [-0.1, -0.05) is 11.6 Å². The topological polar surface area (TPSA) is 65.2 Å². The van der Waals surface area contributed by atoms with E-state index in [1.807, 2.05) is 13.0 Å². The number of hydrogen-bond acceptors (Lipinski definition) is 5. The van der Waals surface area contributed by atoms with Crippen molar-refractivity contribution in [1.82, 2.24) is 10.2 Å². The van der Waals surface area contributed by atoms with Gasteiger partial charge >= 0.3 is 11.9 Å². The predicted octanol–water partition coefficient (Wildman–Crippen LogP) is 2.88. The molecular weight excluding hydrogens is 256 g/mol. The molecule has 5 nitrogen and oxygen atoms in total. The molecule has 0 fully saturated rings. The minimum absolute atomic E-state index is 0.153. The van der Waals surface area contributed by atoms with Gasteiger partial charge in [0.2, 0.25) is 5.89 Å². The van der Waals surface area contributed by atoms with Gasteiger partial charge in [0.15, 0.2) is 0 Å². The second-order valence-electron chi connectivity index (χ2n) is 3.60. The van der Waals surface area contributed by atoms with Crippen molar-refractivity contribution in [3.05, 3.63) is 34.7 Å². The average molecular weight is 267 g/mol. The minimum atomic E-state index is -0.623. The summed E-state index contributed by atoms with van der Waals surface area (Å²) in [6.07, 6.45) is 0. The number of aromatic nitrogens is 2. The Morgan fingerprint density at radius 2 is 2.22 bits per heavy atom. The van der Waals surface area contributed by atoms with Gasteiger partial charge in [-0.3, -0.25) is 0 Å². The van der Waals surface area contributed by atoms with Crippen LogP contribution in [0.4, 0.5) is 0 Å². The summed E-state index contributed by atoms with van der Waals surface area (Å²) in [5.74, 6) is -0.515. The molecule has 0 aliphatic carbocycles. The molecule has 1 aromatic carbocycles. The number of hydrogen-bond donors (Lipinski definition) is 0. The Bertz CT molecular complexity index is 580. The lowest BCUT2D eigenvalue weighted by atomic mass is 10.1. The van der Waals surface area contributed by atoms with Gasteiger partial charge in [-0.05, 0) is 37.6 Å². The Morgan fingerprint density at radius 1 is 1.44 bits per heavy atom. The lowest BCUT2D eigenvalue weighted by Crippen LogP contribution is -2.04. The van der Waals surface area contributed by atoms with E-state index in [1.165, 1.54) is 0 Å². The van der Waals surface area contributed by atoms with E-state index in [1.54, 1.807) is 19.1 Å². The van der Waals surface area contributed by atoms with Crippen LogP contribution in [0.3, 0.4) is 0 Å². The van der Waals surface area contributed by atoms with Crippen molar-refractivity contribution in [1.29, 1.82) is 0 Å². The van der Waals surface area contributed by atoms with Gasteiger partial charge in [-0.15, -0.1) is 10.2 Å². The van der Waals surface area contributed by atoms with Crippen LogP contribution in [0, 0.1) is 6.92 Å². The molecule has 0 aliphatic rings. The van der Waals surface area contributed by atoms with E-state index in [0.29, 0.717) is 10.6 Å². The summed E-state index contributed by atoms with van der Waals surface area (Å²) in [7, 11) is 0. The first kappa shape index (κ1) is 12.6. The second kappa shape index (κ2) is 5.18. The van der Waals surface area contributed by atoms with E-state index in [-0.39, 0.29) is 18.4 Å². The van der Waals surface area contributed by atoms with Crippen LogP contribution in [0.1, 0.15) is 23.2 Å². The predicted molar refractivity (Wildman–Crippen MR) is 65.4 cm³/mol. The normalized spacial score (nSPS) is 10.4. The third kappa shape index (κ3) is 2.51. The molecule has 0 radical (unpaired) electrons. The fourth-order valence-corrected chi connectivity index (χ4v) is 1.51. The maximum absolute atomic E-state index is 11.4. The van der Waals surface area contributed by atoms with Crippen molar-refractivity contribution in [3.63, 3.8) is 0 Å². The number of ether oxygens (including phenoxy) is 1. The van der Waals surface area contributed by atoms with Crippen LogP contribution in [-0.4, -0.2) is 22.8 Å². The van der Waals surface area contributed by atoms with E-state index < -0.39 is 5.97 Å². The number of esters is 1. The van der Waals surface area contributed by atoms with Gasteiger partial charge in [0.05, 0.1) is 6.61 Å². The Morgan fingerprint density at radius 3 is 2.89 bits per heavy atom. The van der Waals surface area contributed by atoms with Crippen LogP contribution >= 0.6 is 11.6 Å². The summed E-state index contributed by atoms with van der Waals surface area (Å²) in [5.41, 5.74) is 1.60. The molecule has 0 saturated heterocycles. The first-order chi connectivity index (χ1) is 8.61. The van der Waals surface area contributed by atoms with Crippen molar-refractivity contribution in [2.24, 2.45) is 0 Å². The highest BCUT2D eigenvalue weighted by atomic mass is 35.5. The molecule has 18 heavy (non-hydrogen) atoms. The summed E-state index contributed by atoms with van der Waals surface area (Å²) < 4.78 is 10.0. The lowest BCUT2D eigenvalue weighted by Gasteiger charge is -1.99. The molecule has 2 aromatic rings. The second-order valence-corrected chi connectivity index (χ2v) is 4.00. The SMILES string of the molecule is CCOC(=O)c1nnc(-c2ccc(Cl)c(C)c2)o1. The molecule has 0 amide bonds. The number of carbonyl (C=O) groups is 1. The number of rotatable bonds is 3. The van der Waals surface area contributed by atoms with Gasteiger partial charge in [-0.2, -0.15) is 0 Å². The van der Waals surface area contributed by atoms with Gasteiger partial charge in [0, 0.05) is 10.6 Å². The van der Waals surface area contributed by atoms with Gasteiger partial charge in [0.1, 0.15) is 0 Å². The molecule has 94 valence electrons. The molecule has 0 N–H and O–H groups in total. The van der Waals surface area contributed by atoms with Gasteiger partial charge in [-0.25, -0.2) is 4.79 Å². The van der Waals surface area contributed by atoms with Crippen LogP contribution in [0.15, 0.2) is 22.6 Å². The third-order valence-corrected chi connectivity index (χ3v) is 2.70. The Hall–Kier alpha value is -1.88. The standard InChI is InChI=1S/C12H11ClN2O3/c1-3-17-12(16)11-15-14-10(18-11)8-4-5-9(13)7(2)6-8/h4-6H,3H2,1-2H3. The quantitative estimate of drug-likeness (QED) is 0.799. The van der Waals surface area contributed by atoms with E-state index in [0.717, 1.165) is 5.56 Å². The summed E-state index contributed by atoms with van der Waals surface area (Å²) in [4.78, 5) is 11.4. The summed E-state index contributed by atoms with van der Waals surface area (Å²) in [6.45, 7) is 3.84. The van der Waals surface area contributed by atoms with E-state index >= 15 is 0 Å². The Balaban J connectivity index is 2.29. The van der Waals surface area contributed by atoms with Gasteiger partial charge < -0.3 is 9.15 Å². The monoisotopic (exact) mass is 266 g/mol. The molecule has 0 atom stereocenters. The van der Waals surface area contributed by atoms with Crippen LogP contribution in [-0.2, 0) is 4.74 Å². The van der Waals surface area contributed by atoms with Crippen molar-refractivity contribution in [2.75, 3.05) is 6.61 Å². The fraction of sp³-hybridized carbons (Fsp3) is 0.250. The zero-order valence-electron chi connectivity index (χ0n) is 9.94. The largest absolute Gasteiger partial charge is 0.459 e. The molecule has 1 heterocycles. The van der Waals surface area contributed by atoms with Gasteiger partial charge in [0.25, 0.3) is 0 Å². The molecule has 1 aromatic heterocycles. The highest BCUT2D eigenvalue weighted by Gasteiger charge is 2.16. The third-order valence-electron chi connectivity index (χ3n) is 2.28. The summed E-state index contributed by atoms with van der Waals surface area (Å²) >= 11 is 5.92. The minimum Gasteiger partial charge on any atom is -0.459 e.